The summed E-state index contributed by atoms with van der Waals surface area (Å²) in [6, 6.07) is 3.72. The van der Waals surface area contributed by atoms with Crippen LogP contribution in [0.2, 0.25) is 0 Å². The number of rotatable bonds is 3. The molecule has 1 amide bonds. The van der Waals surface area contributed by atoms with E-state index in [1.807, 2.05) is 0 Å². The topological polar surface area (TPSA) is 42.2 Å². The van der Waals surface area contributed by atoms with Crippen LogP contribution in [0.25, 0.3) is 0 Å². The van der Waals surface area contributed by atoms with E-state index in [1.165, 1.54) is 31.9 Å². The molecule has 2 aliphatic carbocycles. The summed E-state index contributed by atoms with van der Waals surface area (Å²) in [6.45, 7) is 2.13. The predicted octanol–water partition coefficient (Wildman–Crippen LogP) is 2.83. The van der Waals surface area contributed by atoms with E-state index in [-0.39, 0.29) is 11.9 Å². The van der Waals surface area contributed by atoms with Gasteiger partial charge in [0.05, 0.1) is 6.26 Å². The largest absolute Gasteiger partial charge is 0.459 e. The summed E-state index contributed by atoms with van der Waals surface area (Å²) >= 11 is 0. The van der Waals surface area contributed by atoms with Crippen molar-refractivity contribution in [3.8, 4) is 0 Å². The first-order valence-electron chi connectivity index (χ1n) is 6.58. The first-order valence-corrected chi connectivity index (χ1v) is 6.58. The number of furan rings is 1. The Morgan fingerprint density at radius 2 is 2.35 bits per heavy atom. The second-order valence-corrected chi connectivity index (χ2v) is 5.58. The first-order chi connectivity index (χ1) is 8.24. The summed E-state index contributed by atoms with van der Waals surface area (Å²) < 4.78 is 5.11. The summed E-state index contributed by atoms with van der Waals surface area (Å²) in [5.41, 5.74) is 0. The molecule has 1 aromatic heterocycles. The summed E-state index contributed by atoms with van der Waals surface area (Å²) in [6.07, 6.45) is 6.98. The molecular formula is C14H19NO2. The van der Waals surface area contributed by atoms with E-state index < -0.39 is 0 Å². The summed E-state index contributed by atoms with van der Waals surface area (Å²) in [5.74, 6) is 2.78. The van der Waals surface area contributed by atoms with Gasteiger partial charge >= 0.3 is 0 Å². The fraction of sp³-hybridized carbons (Fsp3) is 0.643. The molecule has 0 spiro atoms. The van der Waals surface area contributed by atoms with Gasteiger partial charge in [-0.25, -0.2) is 0 Å². The van der Waals surface area contributed by atoms with E-state index in [9.17, 15) is 4.79 Å². The third kappa shape index (κ3) is 1.99. The lowest BCUT2D eigenvalue weighted by molar-refractivity contribution is 0.0887. The second-order valence-electron chi connectivity index (χ2n) is 5.58. The molecule has 1 aromatic rings. The van der Waals surface area contributed by atoms with Crippen molar-refractivity contribution >= 4 is 5.91 Å². The number of fused-ring (bicyclic) bond motifs is 2. The Morgan fingerprint density at radius 3 is 2.94 bits per heavy atom. The van der Waals surface area contributed by atoms with Crippen LogP contribution in [-0.4, -0.2) is 11.9 Å². The highest BCUT2D eigenvalue weighted by atomic mass is 16.3. The van der Waals surface area contributed by atoms with E-state index in [4.69, 9.17) is 4.42 Å². The standard InChI is InChI=1S/C14H19NO2/c1-9(12-8-10-4-5-11(12)7-10)15-14(16)13-3-2-6-17-13/h2-3,6,9-12H,4-5,7-8H2,1H3,(H,15,16)/t9-,10+,11+,12-/m1/s1. The summed E-state index contributed by atoms with van der Waals surface area (Å²) in [5, 5.41) is 3.08. The molecule has 2 fully saturated rings. The van der Waals surface area contributed by atoms with Gasteiger partial charge in [-0.05, 0) is 56.1 Å². The lowest BCUT2D eigenvalue weighted by Gasteiger charge is -2.28. The molecular weight excluding hydrogens is 214 g/mol. The third-order valence-corrected chi connectivity index (χ3v) is 4.54. The van der Waals surface area contributed by atoms with Gasteiger partial charge in [-0.3, -0.25) is 4.79 Å². The van der Waals surface area contributed by atoms with Gasteiger partial charge in [0.25, 0.3) is 5.91 Å². The van der Waals surface area contributed by atoms with Gasteiger partial charge in [0.15, 0.2) is 5.76 Å². The molecule has 0 unspecified atom stereocenters. The van der Waals surface area contributed by atoms with Crippen molar-refractivity contribution < 1.29 is 9.21 Å². The Kier molecular flexibility index (Phi) is 2.69. The first kappa shape index (κ1) is 10.9. The van der Waals surface area contributed by atoms with Gasteiger partial charge in [0.1, 0.15) is 0 Å². The fourth-order valence-electron chi connectivity index (χ4n) is 3.70. The SMILES string of the molecule is C[C@@H](NC(=O)c1ccco1)[C@H]1C[C@H]2CC[C@H]1C2. The van der Waals surface area contributed by atoms with Crippen LogP contribution in [0.3, 0.4) is 0 Å². The molecule has 3 rings (SSSR count). The minimum Gasteiger partial charge on any atom is -0.459 e. The van der Waals surface area contributed by atoms with Crippen LogP contribution in [0.15, 0.2) is 22.8 Å². The van der Waals surface area contributed by atoms with Crippen LogP contribution in [0, 0.1) is 17.8 Å². The highest BCUT2D eigenvalue weighted by Crippen LogP contribution is 2.49. The van der Waals surface area contributed by atoms with E-state index in [2.05, 4.69) is 12.2 Å². The van der Waals surface area contributed by atoms with Crippen LogP contribution in [-0.2, 0) is 0 Å². The van der Waals surface area contributed by atoms with E-state index in [1.54, 1.807) is 12.1 Å². The Bertz CT molecular complexity index is 398. The number of carbonyl (C=O) groups is 1. The summed E-state index contributed by atoms with van der Waals surface area (Å²) in [4.78, 5) is 11.9. The van der Waals surface area contributed by atoms with Gasteiger partial charge in [0, 0.05) is 6.04 Å². The van der Waals surface area contributed by atoms with Crippen molar-refractivity contribution in [1.29, 1.82) is 0 Å². The second kappa shape index (κ2) is 4.21. The lowest BCUT2D eigenvalue weighted by atomic mass is 9.84. The van der Waals surface area contributed by atoms with Crippen LogP contribution in [0.4, 0.5) is 0 Å². The van der Waals surface area contributed by atoms with E-state index in [0.717, 1.165) is 11.8 Å². The average Bonchev–Trinajstić information content (AvgIpc) is 3.05. The molecule has 2 saturated carbocycles. The quantitative estimate of drug-likeness (QED) is 0.872. The predicted molar refractivity (Wildman–Crippen MR) is 64.6 cm³/mol. The zero-order valence-corrected chi connectivity index (χ0v) is 10.2. The van der Waals surface area contributed by atoms with E-state index >= 15 is 0 Å². The Hall–Kier alpha value is -1.25. The van der Waals surface area contributed by atoms with Gasteiger partial charge in [-0.1, -0.05) is 6.42 Å². The smallest absolute Gasteiger partial charge is 0.287 e. The number of hydrogen-bond donors (Lipinski definition) is 1. The molecule has 3 heteroatoms. The minimum atomic E-state index is -0.0785. The van der Waals surface area contributed by atoms with Gasteiger partial charge in [-0.2, -0.15) is 0 Å². The third-order valence-electron chi connectivity index (χ3n) is 4.54. The van der Waals surface area contributed by atoms with Crippen molar-refractivity contribution in [2.75, 3.05) is 0 Å². The van der Waals surface area contributed by atoms with Crippen molar-refractivity contribution in [3.63, 3.8) is 0 Å². The average molecular weight is 233 g/mol. The van der Waals surface area contributed by atoms with Crippen LogP contribution in [0.5, 0.6) is 0 Å². The fourth-order valence-corrected chi connectivity index (χ4v) is 3.70. The minimum absolute atomic E-state index is 0.0785. The van der Waals surface area contributed by atoms with Crippen molar-refractivity contribution in [2.45, 2.75) is 38.6 Å². The Labute approximate surface area is 102 Å². The normalized spacial score (nSPS) is 32.6. The Balaban J connectivity index is 1.60. The van der Waals surface area contributed by atoms with Gasteiger partial charge < -0.3 is 9.73 Å². The van der Waals surface area contributed by atoms with Gasteiger partial charge in [0.2, 0.25) is 0 Å². The molecule has 1 heterocycles. The molecule has 2 bridgehead atoms. The molecule has 1 N–H and O–H groups in total. The van der Waals surface area contributed by atoms with Crippen LogP contribution in [0.1, 0.15) is 43.2 Å². The molecule has 0 aromatic carbocycles. The molecule has 2 aliphatic rings. The maximum Gasteiger partial charge on any atom is 0.287 e. The Morgan fingerprint density at radius 1 is 1.47 bits per heavy atom. The van der Waals surface area contributed by atoms with Crippen molar-refractivity contribution in [3.05, 3.63) is 24.2 Å². The van der Waals surface area contributed by atoms with Crippen molar-refractivity contribution in [2.24, 2.45) is 17.8 Å². The maximum absolute atomic E-state index is 11.9. The molecule has 0 saturated heterocycles. The molecule has 92 valence electrons. The molecule has 4 atom stereocenters. The lowest BCUT2D eigenvalue weighted by Crippen LogP contribution is -2.39. The zero-order valence-electron chi connectivity index (χ0n) is 10.2. The monoisotopic (exact) mass is 233 g/mol. The molecule has 0 aliphatic heterocycles. The van der Waals surface area contributed by atoms with E-state index in [0.29, 0.717) is 11.7 Å². The number of carbonyl (C=O) groups excluding carboxylic acids is 1. The number of amides is 1. The van der Waals surface area contributed by atoms with Gasteiger partial charge in [-0.15, -0.1) is 0 Å². The number of nitrogens with one attached hydrogen (secondary N) is 1. The van der Waals surface area contributed by atoms with Crippen molar-refractivity contribution in [1.82, 2.24) is 5.32 Å². The number of hydrogen-bond acceptors (Lipinski definition) is 2. The molecule has 0 radical (unpaired) electrons. The zero-order chi connectivity index (χ0) is 11.8. The summed E-state index contributed by atoms with van der Waals surface area (Å²) in [7, 11) is 0. The highest BCUT2D eigenvalue weighted by Gasteiger charge is 2.42. The highest BCUT2D eigenvalue weighted by molar-refractivity contribution is 5.91. The van der Waals surface area contributed by atoms with Crippen LogP contribution >= 0.6 is 0 Å². The maximum atomic E-state index is 11.9. The van der Waals surface area contributed by atoms with Crippen LogP contribution < -0.4 is 5.32 Å². The molecule has 3 nitrogen and oxygen atoms in total. The molecule has 17 heavy (non-hydrogen) atoms.